The molecule has 0 radical (unpaired) electrons. The molecule has 0 spiro atoms. The van der Waals surface area contributed by atoms with Crippen LogP contribution >= 0.6 is 0 Å². The van der Waals surface area contributed by atoms with Crippen molar-refractivity contribution < 1.29 is 4.79 Å². The number of rotatable bonds is 6. The van der Waals surface area contributed by atoms with E-state index in [9.17, 15) is 4.79 Å². The largest absolute Gasteiger partial charge is 0.353 e. The number of pyridine rings is 1. The van der Waals surface area contributed by atoms with E-state index in [4.69, 9.17) is 0 Å². The fourth-order valence-electron chi connectivity index (χ4n) is 3.33. The second kappa shape index (κ2) is 7.07. The summed E-state index contributed by atoms with van der Waals surface area (Å²) in [5.74, 6) is 2.27. The molecular formula is C18H21N7O. The molecule has 0 saturated heterocycles. The summed E-state index contributed by atoms with van der Waals surface area (Å²) in [4.78, 5) is 20.2. The zero-order chi connectivity index (χ0) is 17.9. The molecule has 1 fully saturated rings. The average molecular weight is 351 g/mol. The topological polar surface area (TPSA) is 90.5 Å². The van der Waals surface area contributed by atoms with Crippen molar-refractivity contribution in [1.82, 2.24) is 34.6 Å². The molecule has 1 saturated carbocycles. The van der Waals surface area contributed by atoms with Gasteiger partial charge in [-0.2, -0.15) is 0 Å². The number of amides is 1. The van der Waals surface area contributed by atoms with Crippen molar-refractivity contribution >= 4 is 5.91 Å². The van der Waals surface area contributed by atoms with Gasteiger partial charge in [0.2, 0.25) is 5.91 Å². The van der Waals surface area contributed by atoms with E-state index in [-0.39, 0.29) is 11.9 Å². The lowest BCUT2D eigenvalue weighted by molar-refractivity contribution is -0.121. The number of carbonyl (C=O) groups is 1. The molecule has 8 heteroatoms. The van der Waals surface area contributed by atoms with E-state index in [1.165, 1.54) is 0 Å². The van der Waals surface area contributed by atoms with E-state index >= 15 is 0 Å². The predicted molar refractivity (Wildman–Crippen MR) is 94.2 cm³/mol. The molecule has 4 rings (SSSR count). The zero-order valence-electron chi connectivity index (χ0n) is 14.6. The van der Waals surface area contributed by atoms with E-state index in [0.717, 1.165) is 30.1 Å². The Morgan fingerprint density at radius 3 is 2.88 bits per heavy atom. The van der Waals surface area contributed by atoms with Crippen LogP contribution in [0.5, 0.6) is 0 Å². The zero-order valence-corrected chi connectivity index (χ0v) is 14.6. The van der Waals surface area contributed by atoms with Crippen molar-refractivity contribution in [2.24, 2.45) is 7.05 Å². The molecule has 26 heavy (non-hydrogen) atoms. The van der Waals surface area contributed by atoms with Gasteiger partial charge < -0.3 is 14.5 Å². The van der Waals surface area contributed by atoms with Crippen molar-refractivity contribution in [3.8, 4) is 0 Å². The second-order valence-corrected chi connectivity index (χ2v) is 6.74. The quantitative estimate of drug-likeness (QED) is 0.717. The standard InChI is InChI=1S/C18H21N7O/c1-24-16(11-25-6-5-20-12-25)22-23-18(24)14-8-15(9-14)21-17(26)7-13-3-2-4-19-10-13/h2-6,10,12,14-15H,7-9,11H2,1H3,(H,21,26). The summed E-state index contributed by atoms with van der Waals surface area (Å²) in [7, 11) is 2.00. The van der Waals surface area contributed by atoms with Crippen molar-refractivity contribution in [3.63, 3.8) is 0 Å². The maximum atomic E-state index is 12.1. The SMILES string of the molecule is Cn1c(Cn2ccnc2)nnc1C1CC(NC(=O)Cc2cccnc2)C1. The third kappa shape index (κ3) is 3.49. The van der Waals surface area contributed by atoms with Crippen LogP contribution in [-0.4, -0.2) is 41.2 Å². The van der Waals surface area contributed by atoms with Gasteiger partial charge in [-0.15, -0.1) is 10.2 Å². The van der Waals surface area contributed by atoms with Crippen molar-refractivity contribution in [2.45, 2.75) is 37.8 Å². The summed E-state index contributed by atoms with van der Waals surface area (Å²) in [6.45, 7) is 0.654. The van der Waals surface area contributed by atoms with Crippen molar-refractivity contribution in [2.75, 3.05) is 0 Å². The second-order valence-electron chi connectivity index (χ2n) is 6.74. The molecule has 1 amide bonds. The molecule has 8 nitrogen and oxygen atoms in total. The van der Waals surface area contributed by atoms with Gasteiger partial charge in [-0.1, -0.05) is 6.07 Å². The number of imidazole rings is 1. The van der Waals surface area contributed by atoms with E-state index in [1.54, 1.807) is 24.9 Å². The number of nitrogens with one attached hydrogen (secondary N) is 1. The van der Waals surface area contributed by atoms with Crippen LogP contribution < -0.4 is 5.32 Å². The fourth-order valence-corrected chi connectivity index (χ4v) is 3.33. The molecule has 3 aromatic rings. The Balaban J connectivity index is 1.29. The summed E-state index contributed by atoms with van der Waals surface area (Å²) in [5.41, 5.74) is 0.929. The normalized spacial score (nSPS) is 19.1. The minimum absolute atomic E-state index is 0.0419. The first kappa shape index (κ1) is 16.4. The van der Waals surface area contributed by atoms with Crippen LogP contribution in [0, 0.1) is 0 Å². The molecule has 0 bridgehead atoms. The molecule has 1 aliphatic rings. The third-order valence-corrected chi connectivity index (χ3v) is 4.84. The Hall–Kier alpha value is -3.03. The first-order chi connectivity index (χ1) is 12.7. The van der Waals surface area contributed by atoms with Gasteiger partial charge in [-0.05, 0) is 24.5 Å². The van der Waals surface area contributed by atoms with E-state index in [0.29, 0.717) is 18.9 Å². The van der Waals surface area contributed by atoms with E-state index in [1.807, 2.05) is 29.9 Å². The summed E-state index contributed by atoms with van der Waals surface area (Å²) in [5, 5.41) is 11.8. The van der Waals surface area contributed by atoms with Crippen LogP contribution in [0.4, 0.5) is 0 Å². The van der Waals surface area contributed by atoms with Gasteiger partial charge in [0, 0.05) is 43.8 Å². The Labute approximate surface area is 151 Å². The van der Waals surface area contributed by atoms with Gasteiger partial charge in [0.15, 0.2) is 5.82 Å². The van der Waals surface area contributed by atoms with Gasteiger partial charge in [0.25, 0.3) is 0 Å². The predicted octanol–water partition coefficient (Wildman–Crippen LogP) is 1.06. The lowest BCUT2D eigenvalue weighted by Gasteiger charge is -2.35. The number of carbonyl (C=O) groups excluding carboxylic acids is 1. The molecular weight excluding hydrogens is 330 g/mol. The van der Waals surface area contributed by atoms with Crippen molar-refractivity contribution in [3.05, 3.63) is 60.5 Å². The maximum absolute atomic E-state index is 12.1. The summed E-state index contributed by atoms with van der Waals surface area (Å²) in [6, 6.07) is 3.97. The van der Waals surface area contributed by atoms with Gasteiger partial charge >= 0.3 is 0 Å². The molecule has 1 N–H and O–H groups in total. The minimum atomic E-state index is 0.0419. The molecule has 3 heterocycles. The molecule has 0 unspecified atom stereocenters. The van der Waals surface area contributed by atoms with Crippen LogP contribution in [0.25, 0.3) is 0 Å². The summed E-state index contributed by atoms with van der Waals surface area (Å²) < 4.78 is 4.02. The highest BCUT2D eigenvalue weighted by Crippen LogP contribution is 2.35. The molecule has 1 aliphatic carbocycles. The lowest BCUT2D eigenvalue weighted by atomic mass is 9.79. The van der Waals surface area contributed by atoms with Crippen LogP contribution in [-0.2, 0) is 24.8 Å². The Bertz CT molecular complexity index is 866. The van der Waals surface area contributed by atoms with Crippen molar-refractivity contribution in [1.29, 1.82) is 0 Å². The first-order valence-electron chi connectivity index (χ1n) is 8.71. The Morgan fingerprint density at radius 1 is 1.27 bits per heavy atom. The molecule has 0 aromatic carbocycles. The summed E-state index contributed by atoms with van der Waals surface area (Å²) in [6.07, 6.45) is 11.0. The van der Waals surface area contributed by atoms with Gasteiger partial charge in [-0.25, -0.2) is 4.98 Å². The van der Waals surface area contributed by atoms with Gasteiger partial charge in [0.05, 0.1) is 19.3 Å². The highest BCUT2D eigenvalue weighted by Gasteiger charge is 2.34. The average Bonchev–Trinajstić information content (AvgIpc) is 3.23. The lowest BCUT2D eigenvalue weighted by Crippen LogP contribution is -2.44. The number of nitrogens with zero attached hydrogens (tertiary/aromatic N) is 6. The molecule has 134 valence electrons. The highest BCUT2D eigenvalue weighted by molar-refractivity contribution is 5.78. The number of aromatic nitrogens is 6. The van der Waals surface area contributed by atoms with Crippen LogP contribution in [0.2, 0.25) is 0 Å². The summed E-state index contributed by atoms with van der Waals surface area (Å²) >= 11 is 0. The van der Waals surface area contributed by atoms with Crippen LogP contribution in [0.3, 0.4) is 0 Å². The van der Waals surface area contributed by atoms with Gasteiger partial charge in [-0.3, -0.25) is 9.78 Å². The molecule has 3 aromatic heterocycles. The number of hydrogen-bond donors (Lipinski definition) is 1. The van der Waals surface area contributed by atoms with Crippen LogP contribution in [0.15, 0.2) is 43.2 Å². The number of hydrogen-bond acceptors (Lipinski definition) is 5. The molecule has 0 aliphatic heterocycles. The third-order valence-electron chi connectivity index (χ3n) is 4.84. The highest BCUT2D eigenvalue weighted by atomic mass is 16.1. The Morgan fingerprint density at radius 2 is 2.15 bits per heavy atom. The monoisotopic (exact) mass is 351 g/mol. The first-order valence-corrected chi connectivity index (χ1v) is 8.71. The fraction of sp³-hybridized carbons (Fsp3) is 0.389. The van der Waals surface area contributed by atoms with Crippen LogP contribution in [0.1, 0.15) is 36.0 Å². The van der Waals surface area contributed by atoms with Gasteiger partial charge in [0.1, 0.15) is 5.82 Å². The maximum Gasteiger partial charge on any atom is 0.224 e. The minimum Gasteiger partial charge on any atom is -0.353 e. The smallest absolute Gasteiger partial charge is 0.224 e. The van der Waals surface area contributed by atoms with E-state index in [2.05, 4.69) is 30.0 Å². The molecule has 0 atom stereocenters. The Kier molecular flexibility index (Phi) is 4.47. The van der Waals surface area contributed by atoms with E-state index < -0.39 is 0 Å².